The Morgan fingerprint density at radius 2 is 1.96 bits per heavy atom. The molecule has 0 spiro atoms. The number of hydrogen-bond donors (Lipinski definition) is 2. The number of rotatable bonds is 5. The number of methoxy groups -OCH3 is 1. The van der Waals surface area contributed by atoms with E-state index in [0.717, 1.165) is 11.1 Å². The van der Waals surface area contributed by atoms with Crippen LogP contribution in [0.5, 0.6) is 5.75 Å². The second-order valence-corrected chi connectivity index (χ2v) is 5.78. The summed E-state index contributed by atoms with van der Waals surface area (Å²) >= 11 is 6.22. The fourth-order valence-corrected chi connectivity index (χ4v) is 2.52. The molecule has 5 nitrogen and oxygen atoms in total. The molecular weight excluding hydrogens is 330 g/mol. The monoisotopic (exact) mass is 349 g/mol. The van der Waals surface area contributed by atoms with E-state index in [9.17, 15) is 9.90 Å². The zero-order chi connectivity index (χ0) is 17.7. The zero-order valence-electron chi connectivity index (χ0n) is 13.9. The van der Waals surface area contributed by atoms with Crippen molar-refractivity contribution in [3.8, 4) is 5.75 Å². The molecule has 0 unspecified atom stereocenters. The molecule has 0 atom stereocenters. The van der Waals surface area contributed by atoms with E-state index in [2.05, 4.69) is 10.1 Å². The van der Waals surface area contributed by atoms with Gasteiger partial charge in [-0.15, -0.1) is 0 Å². The summed E-state index contributed by atoms with van der Waals surface area (Å²) < 4.78 is 10.4. The van der Waals surface area contributed by atoms with E-state index in [0.29, 0.717) is 27.6 Å². The van der Waals surface area contributed by atoms with Gasteiger partial charge in [-0.2, -0.15) is 0 Å². The topological polar surface area (TPSA) is 67.8 Å². The van der Waals surface area contributed by atoms with Gasteiger partial charge in [-0.1, -0.05) is 23.7 Å². The first-order valence-electron chi connectivity index (χ1n) is 7.42. The standard InChI is InChI=1S/C18H20ClNO4/c1-11-7-15(19)17(8-12(11)2)24-10-14-13(9-21)5-4-6-16(14)20-18(22)23-3/h4-8,21H,9-10H2,1-3H3,(H,20,22). The normalized spacial score (nSPS) is 10.4. The summed E-state index contributed by atoms with van der Waals surface area (Å²) in [5, 5.41) is 12.7. The first kappa shape index (κ1) is 18.1. The van der Waals surface area contributed by atoms with E-state index in [1.807, 2.05) is 26.0 Å². The Kier molecular flexibility index (Phi) is 6.06. The first-order valence-corrected chi connectivity index (χ1v) is 7.80. The Morgan fingerprint density at radius 3 is 2.62 bits per heavy atom. The average molecular weight is 350 g/mol. The number of nitrogens with one attached hydrogen (secondary N) is 1. The molecule has 0 fully saturated rings. The van der Waals surface area contributed by atoms with Gasteiger partial charge in [0.25, 0.3) is 0 Å². The Morgan fingerprint density at radius 1 is 1.25 bits per heavy atom. The minimum absolute atomic E-state index is 0.151. The minimum atomic E-state index is -0.587. The molecule has 0 saturated heterocycles. The van der Waals surface area contributed by atoms with Crippen LogP contribution in [0.2, 0.25) is 5.02 Å². The molecule has 6 heteroatoms. The van der Waals surface area contributed by atoms with E-state index in [1.54, 1.807) is 18.2 Å². The molecule has 0 aliphatic heterocycles. The second-order valence-electron chi connectivity index (χ2n) is 5.37. The molecule has 2 rings (SSSR count). The van der Waals surface area contributed by atoms with Crippen LogP contribution in [0.1, 0.15) is 22.3 Å². The number of benzene rings is 2. The quantitative estimate of drug-likeness (QED) is 0.848. The number of aliphatic hydroxyl groups is 1. The van der Waals surface area contributed by atoms with Gasteiger partial charge in [-0.25, -0.2) is 4.79 Å². The number of anilines is 1. The van der Waals surface area contributed by atoms with Crippen LogP contribution in [0.4, 0.5) is 10.5 Å². The molecule has 128 valence electrons. The highest BCUT2D eigenvalue weighted by atomic mass is 35.5. The van der Waals surface area contributed by atoms with Crippen molar-refractivity contribution in [1.29, 1.82) is 0 Å². The number of carbonyl (C=O) groups is 1. The summed E-state index contributed by atoms with van der Waals surface area (Å²) in [5.41, 5.74) is 3.99. The van der Waals surface area contributed by atoms with Crippen molar-refractivity contribution in [2.24, 2.45) is 0 Å². The summed E-state index contributed by atoms with van der Waals surface area (Å²) in [6.07, 6.45) is -0.587. The van der Waals surface area contributed by atoms with Crippen LogP contribution in [-0.4, -0.2) is 18.3 Å². The number of halogens is 1. The number of ether oxygens (including phenoxy) is 2. The Hall–Kier alpha value is -2.24. The van der Waals surface area contributed by atoms with E-state index in [4.69, 9.17) is 16.3 Å². The van der Waals surface area contributed by atoms with Gasteiger partial charge in [-0.3, -0.25) is 5.32 Å². The van der Waals surface area contributed by atoms with Crippen LogP contribution >= 0.6 is 11.6 Å². The largest absolute Gasteiger partial charge is 0.487 e. The molecule has 0 saturated carbocycles. The molecule has 0 bridgehead atoms. The summed E-state index contributed by atoms with van der Waals surface area (Å²) in [6, 6.07) is 8.94. The van der Waals surface area contributed by atoms with Gasteiger partial charge in [0.2, 0.25) is 0 Å². The van der Waals surface area contributed by atoms with Gasteiger partial charge < -0.3 is 14.6 Å². The lowest BCUT2D eigenvalue weighted by molar-refractivity contribution is 0.187. The number of aryl methyl sites for hydroxylation is 2. The van der Waals surface area contributed by atoms with Crippen molar-refractivity contribution in [3.63, 3.8) is 0 Å². The maximum Gasteiger partial charge on any atom is 0.411 e. The van der Waals surface area contributed by atoms with Crippen molar-refractivity contribution in [3.05, 3.63) is 57.6 Å². The van der Waals surface area contributed by atoms with E-state index >= 15 is 0 Å². The highest BCUT2D eigenvalue weighted by Gasteiger charge is 2.13. The van der Waals surface area contributed by atoms with Crippen molar-refractivity contribution in [1.82, 2.24) is 0 Å². The van der Waals surface area contributed by atoms with Gasteiger partial charge >= 0.3 is 6.09 Å². The molecule has 2 aromatic carbocycles. The molecule has 0 aromatic heterocycles. The maximum absolute atomic E-state index is 11.5. The Bertz CT molecular complexity index is 746. The highest BCUT2D eigenvalue weighted by Crippen LogP contribution is 2.30. The first-order chi connectivity index (χ1) is 11.5. The number of hydrogen-bond acceptors (Lipinski definition) is 4. The van der Waals surface area contributed by atoms with Crippen LogP contribution in [0.3, 0.4) is 0 Å². The lowest BCUT2D eigenvalue weighted by atomic mass is 10.1. The number of amides is 1. The van der Waals surface area contributed by atoms with Crippen molar-refractivity contribution in [2.45, 2.75) is 27.1 Å². The smallest absolute Gasteiger partial charge is 0.411 e. The molecule has 2 aromatic rings. The third kappa shape index (κ3) is 4.19. The lowest BCUT2D eigenvalue weighted by Gasteiger charge is -2.16. The maximum atomic E-state index is 11.5. The third-order valence-electron chi connectivity index (χ3n) is 3.79. The molecule has 2 N–H and O–H groups in total. The fourth-order valence-electron chi connectivity index (χ4n) is 2.25. The van der Waals surface area contributed by atoms with Crippen LogP contribution in [0.25, 0.3) is 0 Å². The molecule has 0 aliphatic rings. The van der Waals surface area contributed by atoms with Gasteiger partial charge in [0.1, 0.15) is 12.4 Å². The molecule has 0 aliphatic carbocycles. The lowest BCUT2D eigenvalue weighted by Crippen LogP contribution is -2.14. The van der Waals surface area contributed by atoms with Gasteiger partial charge in [0.15, 0.2) is 0 Å². The Labute approximate surface area is 146 Å². The minimum Gasteiger partial charge on any atom is -0.487 e. The van der Waals surface area contributed by atoms with Crippen LogP contribution < -0.4 is 10.1 Å². The number of carbonyl (C=O) groups excluding carboxylic acids is 1. The second kappa shape index (κ2) is 8.04. The van der Waals surface area contributed by atoms with Crippen molar-refractivity contribution in [2.75, 3.05) is 12.4 Å². The molecule has 0 radical (unpaired) electrons. The molecule has 1 amide bonds. The predicted molar refractivity (Wildman–Crippen MR) is 93.7 cm³/mol. The van der Waals surface area contributed by atoms with Crippen molar-refractivity contribution < 1.29 is 19.4 Å². The highest BCUT2D eigenvalue weighted by molar-refractivity contribution is 6.32. The fraction of sp³-hybridized carbons (Fsp3) is 0.278. The molecule has 0 heterocycles. The average Bonchev–Trinajstić information content (AvgIpc) is 2.57. The Balaban J connectivity index is 2.28. The molecule has 24 heavy (non-hydrogen) atoms. The third-order valence-corrected chi connectivity index (χ3v) is 4.08. The van der Waals surface area contributed by atoms with Gasteiger partial charge in [-0.05, 0) is 48.7 Å². The SMILES string of the molecule is COC(=O)Nc1cccc(CO)c1COc1cc(C)c(C)cc1Cl. The van der Waals surface area contributed by atoms with E-state index in [-0.39, 0.29) is 13.2 Å². The van der Waals surface area contributed by atoms with Crippen molar-refractivity contribution >= 4 is 23.4 Å². The zero-order valence-corrected chi connectivity index (χ0v) is 14.6. The summed E-state index contributed by atoms with van der Waals surface area (Å²) in [4.78, 5) is 11.5. The van der Waals surface area contributed by atoms with Gasteiger partial charge in [0, 0.05) is 5.56 Å². The number of aliphatic hydroxyl groups excluding tert-OH is 1. The van der Waals surface area contributed by atoms with E-state index in [1.165, 1.54) is 7.11 Å². The van der Waals surface area contributed by atoms with Crippen LogP contribution in [0.15, 0.2) is 30.3 Å². The summed E-state index contributed by atoms with van der Waals surface area (Å²) in [5.74, 6) is 0.552. The summed E-state index contributed by atoms with van der Waals surface area (Å²) in [7, 11) is 1.29. The summed E-state index contributed by atoms with van der Waals surface area (Å²) in [6.45, 7) is 3.93. The van der Waals surface area contributed by atoms with Gasteiger partial charge in [0.05, 0.1) is 24.4 Å². The molecular formula is C18H20ClNO4. The van der Waals surface area contributed by atoms with Crippen LogP contribution in [-0.2, 0) is 18.0 Å². The predicted octanol–water partition coefficient (Wildman–Crippen LogP) is 4.21. The van der Waals surface area contributed by atoms with Crippen LogP contribution in [0, 0.1) is 13.8 Å². The van der Waals surface area contributed by atoms with E-state index < -0.39 is 6.09 Å².